The van der Waals surface area contributed by atoms with E-state index >= 15 is 0 Å². The molecule has 0 saturated carbocycles. The third kappa shape index (κ3) is 6.07. The Morgan fingerprint density at radius 1 is 1.12 bits per heavy atom. The smallest absolute Gasteiger partial charge is 0.234 e. The first-order valence-electron chi connectivity index (χ1n) is 9.06. The maximum atomic E-state index is 12.1. The van der Waals surface area contributed by atoms with Crippen LogP contribution in [0.25, 0.3) is 0 Å². The molecule has 0 bridgehead atoms. The van der Waals surface area contributed by atoms with E-state index < -0.39 is 0 Å². The number of thioether (sulfide) groups is 1. The second-order valence-electron chi connectivity index (χ2n) is 6.67. The first kappa shape index (κ1) is 18.8. The molecule has 2 aromatic carbocycles. The molecular weight excluding hydrogens is 344 g/mol. The van der Waals surface area contributed by atoms with Crippen molar-refractivity contribution in [1.29, 1.82) is 0 Å². The average molecular weight is 371 g/mol. The third-order valence-corrected chi connectivity index (χ3v) is 5.45. The monoisotopic (exact) mass is 370 g/mol. The summed E-state index contributed by atoms with van der Waals surface area (Å²) < 4.78 is 6.03. The molecule has 26 heavy (non-hydrogen) atoms. The topological polar surface area (TPSA) is 41.6 Å². The highest BCUT2D eigenvalue weighted by Crippen LogP contribution is 2.21. The maximum Gasteiger partial charge on any atom is 0.234 e. The molecule has 0 radical (unpaired) electrons. The molecule has 1 aliphatic heterocycles. The van der Waals surface area contributed by atoms with Gasteiger partial charge in [-0.1, -0.05) is 30.3 Å². The highest BCUT2D eigenvalue weighted by molar-refractivity contribution is 7.99. The van der Waals surface area contributed by atoms with Crippen LogP contribution in [0, 0.1) is 0 Å². The van der Waals surface area contributed by atoms with Gasteiger partial charge in [-0.15, -0.1) is 11.8 Å². The number of anilines is 1. The van der Waals surface area contributed by atoms with Crippen molar-refractivity contribution in [3.63, 3.8) is 0 Å². The van der Waals surface area contributed by atoms with Crippen molar-refractivity contribution in [3.05, 3.63) is 60.2 Å². The Morgan fingerprint density at radius 3 is 2.50 bits per heavy atom. The van der Waals surface area contributed by atoms with Crippen LogP contribution in [0.3, 0.4) is 0 Å². The summed E-state index contributed by atoms with van der Waals surface area (Å²) in [6.07, 6.45) is 2.42. The molecule has 4 nitrogen and oxygen atoms in total. The molecule has 1 saturated heterocycles. The van der Waals surface area contributed by atoms with E-state index in [9.17, 15) is 4.79 Å². The molecule has 5 heteroatoms. The molecule has 1 heterocycles. The Bertz CT molecular complexity index is 683. The van der Waals surface area contributed by atoms with E-state index in [0.29, 0.717) is 11.9 Å². The van der Waals surface area contributed by atoms with Gasteiger partial charge in [0.05, 0.1) is 5.75 Å². The van der Waals surface area contributed by atoms with E-state index in [1.54, 1.807) is 11.8 Å². The highest BCUT2D eigenvalue weighted by atomic mass is 32.2. The summed E-state index contributed by atoms with van der Waals surface area (Å²) in [5.41, 5.74) is 2.05. The molecule has 1 fully saturated rings. The van der Waals surface area contributed by atoms with E-state index in [1.807, 2.05) is 42.5 Å². The largest absolute Gasteiger partial charge is 0.490 e. The molecule has 1 amide bonds. The fourth-order valence-electron chi connectivity index (χ4n) is 2.94. The standard InChI is InChI=1S/C21H26N2O2S/c1-23-13-11-20(12-14-23)25-19-9-7-18(8-10-19)22-21(24)16-26-15-17-5-3-2-4-6-17/h2-10,20H,11-16H2,1H3,(H,22,24). The van der Waals surface area contributed by atoms with Gasteiger partial charge >= 0.3 is 0 Å². The molecule has 1 aliphatic rings. The van der Waals surface area contributed by atoms with Crippen LogP contribution in [0.2, 0.25) is 0 Å². The van der Waals surface area contributed by atoms with E-state index in [4.69, 9.17) is 4.74 Å². The van der Waals surface area contributed by atoms with Crippen LogP contribution in [0.1, 0.15) is 18.4 Å². The molecule has 0 unspecified atom stereocenters. The fourth-order valence-corrected chi connectivity index (χ4v) is 3.73. The van der Waals surface area contributed by atoms with Crippen molar-refractivity contribution in [2.45, 2.75) is 24.7 Å². The number of nitrogens with one attached hydrogen (secondary N) is 1. The third-order valence-electron chi connectivity index (χ3n) is 4.45. The lowest BCUT2D eigenvalue weighted by molar-refractivity contribution is -0.113. The molecule has 0 aliphatic carbocycles. The van der Waals surface area contributed by atoms with E-state index in [1.165, 1.54) is 5.56 Å². The van der Waals surface area contributed by atoms with Crippen LogP contribution in [0.5, 0.6) is 5.75 Å². The van der Waals surface area contributed by atoms with Crippen molar-refractivity contribution in [1.82, 2.24) is 4.90 Å². The van der Waals surface area contributed by atoms with Crippen molar-refractivity contribution in [2.24, 2.45) is 0 Å². The summed E-state index contributed by atoms with van der Waals surface area (Å²) >= 11 is 1.62. The van der Waals surface area contributed by atoms with E-state index in [-0.39, 0.29) is 5.91 Å². The summed E-state index contributed by atoms with van der Waals surface area (Å²) in [5, 5.41) is 2.94. The number of amides is 1. The summed E-state index contributed by atoms with van der Waals surface area (Å²) in [5.74, 6) is 2.19. The SMILES string of the molecule is CN1CCC(Oc2ccc(NC(=O)CSCc3ccccc3)cc2)CC1. The van der Waals surface area contributed by atoms with Gasteiger partial charge in [-0.25, -0.2) is 0 Å². The molecule has 3 rings (SSSR count). The predicted molar refractivity (Wildman–Crippen MR) is 109 cm³/mol. The number of carbonyl (C=O) groups is 1. The quantitative estimate of drug-likeness (QED) is 0.799. The zero-order valence-electron chi connectivity index (χ0n) is 15.2. The van der Waals surface area contributed by atoms with Gasteiger partial charge in [-0.3, -0.25) is 4.79 Å². The van der Waals surface area contributed by atoms with Gasteiger partial charge in [-0.05, 0) is 49.7 Å². The van der Waals surface area contributed by atoms with Crippen molar-refractivity contribution < 1.29 is 9.53 Å². The Hall–Kier alpha value is -1.98. The number of nitrogens with zero attached hydrogens (tertiary/aromatic N) is 1. The Kier molecular flexibility index (Phi) is 6.97. The number of carbonyl (C=O) groups excluding carboxylic acids is 1. The number of rotatable bonds is 7. The number of hydrogen-bond acceptors (Lipinski definition) is 4. The Labute approximate surface area is 159 Å². The van der Waals surface area contributed by atoms with Crippen LogP contribution < -0.4 is 10.1 Å². The summed E-state index contributed by atoms with van der Waals surface area (Å²) in [4.78, 5) is 14.4. The fraction of sp³-hybridized carbons (Fsp3) is 0.381. The van der Waals surface area contributed by atoms with Crippen LogP contribution in [0.4, 0.5) is 5.69 Å². The minimum Gasteiger partial charge on any atom is -0.490 e. The number of benzene rings is 2. The summed E-state index contributed by atoms with van der Waals surface area (Å²) in [6, 6.07) is 17.9. The zero-order valence-corrected chi connectivity index (χ0v) is 16.0. The summed E-state index contributed by atoms with van der Waals surface area (Å²) in [6.45, 7) is 2.17. The van der Waals surface area contributed by atoms with Crippen LogP contribution in [0.15, 0.2) is 54.6 Å². The molecule has 0 spiro atoms. The van der Waals surface area contributed by atoms with Gasteiger partial charge < -0.3 is 15.0 Å². The highest BCUT2D eigenvalue weighted by Gasteiger charge is 2.17. The van der Waals surface area contributed by atoms with E-state index in [2.05, 4.69) is 29.4 Å². The second kappa shape index (κ2) is 9.64. The molecular formula is C21H26N2O2S. The van der Waals surface area contributed by atoms with Crippen LogP contribution in [-0.2, 0) is 10.5 Å². The summed E-state index contributed by atoms with van der Waals surface area (Å²) in [7, 11) is 2.14. The van der Waals surface area contributed by atoms with Gasteiger partial charge in [0.1, 0.15) is 11.9 Å². The van der Waals surface area contributed by atoms with E-state index in [0.717, 1.165) is 43.1 Å². The van der Waals surface area contributed by atoms with Crippen molar-refractivity contribution in [2.75, 3.05) is 31.2 Å². The second-order valence-corrected chi connectivity index (χ2v) is 7.66. The van der Waals surface area contributed by atoms with Gasteiger partial charge in [0, 0.05) is 24.5 Å². The molecule has 0 aromatic heterocycles. The minimum absolute atomic E-state index is 0.0231. The van der Waals surface area contributed by atoms with Gasteiger partial charge in [0.15, 0.2) is 0 Å². The average Bonchev–Trinajstić information content (AvgIpc) is 2.66. The molecule has 0 atom stereocenters. The van der Waals surface area contributed by atoms with Gasteiger partial charge in [-0.2, -0.15) is 0 Å². The first-order chi connectivity index (χ1) is 12.7. The van der Waals surface area contributed by atoms with Crippen LogP contribution in [-0.4, -0.2) is 42.8 Å². The first-order valence-corrected chi connectivity index (χ1v) is 10.2. The van der Waals surface area contributed by atoms with Crippen LogP contribution >= 0.6 is 11.8 Å². The number of likely N-dealkylation sites (tertiary alicyclic amines) is 1. The Balaban J connectivity index is 1.40. The lowest BCUT2D eigenvalue weighted by atomic mass is 10.1. The van der Waals surface area contributed by atoms with Gasteiger partial charge in [0.2, 0.25) is 5.91 Å². The maximum absolute atomic E-state index is 12.1. The van der Waals surface area contributed by atoms with Gasteiger partial charge in [0.25, 0.3) is 0 Å². The lowest BCUT2D eigenvalue weighted by Gasteiger charge is -2.29. The molecule has 1 N–H and O–H groups in total. The van der Waals surface area contributed by atoms with Crippen molar-refractivity contribution in [3.8, 4) is 5.75 Å². The van der Waals surface area contributed by atoms with Crippen molar-refractivity contribution >= 4 is 23.4 Å². The molecule has 138 valence electrons. The normalized spacial score (nSPS) is 15.6. The number of hydrogen-bond donors (Lipinski definition) is 1. The number of piperidine rings is 1. The zero-order chi connectivity index (χ0) is 18.2. The minimum atomic E-state index is 0.0231. The number of ether oxygens (including phenoxy) is 1. The molecule has 2 aromatic rings. The Morgan fingerprint density at radius 2 is 1.81 bits per heavy atom. The lowest BCUT2D eigenvalue weighted by Crippen LogP contribution is -2.35. The predicted octanol–water partition coefficient (Wildman–Crippen LogP) is 4.03.